The van der Waals surface area contributed by atoms with Crippen LogP contribution in [0, 0.1) is 17.8 Å². The van der Waals surface area contributed by atoms with Gasteiger partial charge in [0.15, 0.2) is 0 Å². The Morgan fingerprint density at radius 3 is 2.35 bits per heavy atom. The number of hydrogen-bond donors (Lipinski definition) is 2. The summed E-state index contributed by atoms with van der Waals surface area (Å²) in [6.07, 6.45) is 4.90. The van der Waals surface area contributed by atoms with Crippen LogP contribution >= 0.6 is 0 Å². The lowest BCUT2D eigenvalue weighted by Gasteiger charge is -2.28. The first-order valence-electron chi connectivity index (χ1n) is 11.0. The number of ether oxygens (including phenoxy) is 1. The van der Waals surface area contributed by atoms with Gasteiger partial charge in [-0.2, -0.15) is 0 Å². The van der Waals surface area contributed by atoms with E-state index in [2.05, 4.69) is 10.0 Å². The number of carbonyl (C=O) groups excluding carboxylic acids is 1. The van der Waals surface area contributed by atoms with Gasteiger partial charge in [0.25, 0.3) is 5.91 Å². The Morgan fingerprint density at radius 1 is 1.06 bits per heavy atom. The van der Waals surface area contributed by atoms with Crippen molar-refractivity contribution in [3.63, 3.8) is 0 Å². The van der Waals surface area contributed by atoms with E-state index in [0.29, 0.717) is 35.4 Å². The third kappa shape index (κ3) is 4.93. The second kappa shape index (κ2) is 9.01. The number of rotatable bonds is 8. The lowest BCUT2D eigenvalue weighted by molar-refractivity contribution is 0.102. The number of sulfonamides is 1. The third-order valence-corrected chi connectivity index (χ3v) is 8.20. The van der Waals surface area contributed by atoms with E-state index in [1.165, 1.54) is 31.4 Å². The van der Waals surface area contributed by atoms with Crippen molar-refractivity contribution in [2.75, 3.05) is 11.9 Å². The van der Waals surface area contributed by atoms with E-state index >= 15 is 0 Å². The van der Waals surface area contributed by atoms with Crippen molar-refractivity contribution in [3.8, 4) is 5.75 Å². The lowest BCUT2D eigenvalue weighted by atomic mass is 9.84. The molecule has 1 amide bonds. The Morgan fingerprint density at radius 2 is 1.77 bits per heavy atom. The van der Waals surface area contributed by atoms with Gasteiger partial charge < -0.3 is 10.1 Å². The van der Waals surface area contributed by atoms with Crippen LogP contribution in [0.25, 0.3) is 0 Å². The largest absolute Gasteiger partial charge is 0.494 e. The summed E-state index contributed by atoms with van der Waals surface area (Å²) < 4.78 is 33.9. The molecule has 0 aromatic heterocycles. The van der Waals surface area contributed by atoms with Crippen LogP contribution in [0.5, 0.6) is 5.75 Å². The molecule has 166 valence electrons. The molecule has 2 N–H and O–H groups in total. The monoisotopic (exact) mass is 442 g/mol. The second-order valence-electron chi connectivity index (χ2n) is 8.68. The fourth-order valence-electron chi connectivity index (χ4n) is 5.10. The number of carbonyl (C=O) groups is 1. The molecule has 7 heteroatoms. The molecule has 0 radical (unpaired) electrons. The number of nitrogens with one attached hydrogen (secondary N) is 2. The fraction of sp³-hybridized carbons (Fsp3) is 0.458. The van der Waals surface area contributed by atoms with Gasteiger partial charge in [-0.05, 0) is 99.4 Å². The summed E-state index contributed by atoms with van der Waals surface area (Å²) in [5.41, 5.74) is 1.04. The Hall–Kier alpha value is -2.38. The minimum Gasteiger partial charge on any atom is -0.494 e. The van der Waals surface area contributed by atoms with Gasteiger partial charge in [0.05, 0.1) is 11.5 Å². The summed E-state index contributed by atoms with van der Waals surface area (Å²) in [5.74, 6) is 2.31. The van der Waals surface area contributed by atoms with E-state index in [4.69, 9.17) is 4.74 Å². The minimum absolute atomic E-state index is 0.0701. The summed E-state index contributed by atoms with van der Waals surface area (Å²) in [7, 11) is -3.60. The van der Waals surface area contributed by atoms with Gasteiger partial charge in [0.2, 0.25) is 10.0 Å². The summed E-state index contributed by atoms with van der Waals surface area (Å²) in [6, 6.07) is 13.1. The molecule has 6 nitrogen and oxygen atoms in total. The van der Waals surface area contributed by atoms with Gasteiger partial charge in [-0.25, -0.2) is 13.1 Å². The number of amides is 1. The molecule has 2 fully saturated rings. The van der Waals surface area contributed by atoms with Crippen LogP contribution in [0.4, 0.5) is 5.69 Å². The molecule has 0 unspecified atom stereocenters. The lowest BCUT2D eigenvalue weighted by Crippen LogP contribution is -2.40. The summed E-state index contributed by atoms with van der Waals surface area (Å²) in [5, 5.41) is 2.80. The van der Waals surface area contributed by atoms with Crippen molar-refractivity contribution in [2.45, 2.75) is 50.5 Å². The van der Waals surface area contributed by atoms with E-state index in [0.717, 1.165) is 12.3 Å². The highest BCUT2D eigenvalue weighted by Gasteiger charge is 2.42. The average Bonchev–Trinajstić information content (AvgIpc) is 3.38. The van der Waals surface area contributed by atoms with Crippen LogP contribution in [0.2, 0.25) is 0 Å². The average molecular weight is 443 g/mol. The third-order valence-electron chi connectivity index (χ3n) is 6.63. The first kappa shape index (κ1) is 21.8. The zero-order valence-corrected chi connectivity index (χ0v) is 18.8. The van der Waals surface area contributed by atoms with Crippen LogP contribution in [0.3, 0.4) is 0 Å². The van der Waals surface area contributed by atoms with Crippen molar-refractivity contribution in [1.82, 2.24) is 4.72 Å². The topological polar surface area (TPSA) is 84.5 Å². The molecule has 2 aliphatic rings. The quantitative estimate of drug-likeness (QED) is 0.633. The van der Waals surface area contributed by atoms with Crippen LogP contribution in [0.15, 0.2) is 53.4 Å². The van der Waals surface area contributed by atoms with Gasteiger partial charge in [-0.15, -0.1) is 0 Å². The molecule has 0 aliphatic heterocycles. The zero-order valence-electron chi connectivity index (χ0n) is 18.0. The van der Waals surface area contributed by atoms with Crippen LogP contribution in [0.1, 0.15) is 49.9 Å². The fourth-order valence-corrected chi connectivity index (χ4v) is 6.39. The highest BCUT2D eigenvalue weighted by atomic mass is 32.2. The van der Waals surface area contributed by atoms with Crippen molar-refractivity contribution in [1.29, 1.82) is 0 Å². The van der Waals surface area contributed by atoms with Gasteiger partial charge in [0.1, 0.15) is 5.75 Å². The normalized spacial score (nSPS) is 23.5. The van der Waals surface area contributed by atoms with Gasteiger partial charge in [-0.3, -0.25) is 4.79 Å². The maximum atomic E-state index is 12.8. The molecule has 0 heterocycles. The molecule has 31 heavy (non-hydrogen) atoms. The van der Waals surface area contributed by atoms with Gasteiger partial charge in [0, 0.05) is 17.3 Å². The predicted octanol–water partition coefficient (Wildman–Crippen LogP) is 4.44. The number of anilines is 1. The molecule has 4 rings (SSSR count). The van der Waals surface area contributed by atoms with Crippen molar-refractivity contribution >= 4 is 21.6 Å². The molecule has 2 bridgehead atoms. The highest BCUT2D eigenvalue weighted by molar-refractivity contribution is 7.89. The van der Waals surface area contributed by atoms with Crippen molar-refractivity contribution in [3.05, 3.63) is 54.1 Å². The molecule has 4 atom stereocenters. The maximum absolute atomic E-state index is 12.8. The standard InChI is InChI=1S/C24H30N2O4S/c1-3-30-21-10-6-18(7-11-21)24(27)25-20-8-12-22(13-9-20)31(28,29)26-16(2)23-15-17-4-5-19(23)14-17/h6-13,16-17,19,23,26H,3-5,14-15H2,1-2H3,(H,25,27)/t16-,17+,19+,23+/m0/s1. The van der Waals surface area contributed by atoms with E-state index in [-0.39, 0.29) is 16.8 Å². The predicted molar refractivity (Wildman–Crippen MR) is 121 cm³/mol. The van der Waals surface area contributed by atoms with Gasteiger partial charge >= 0.3 is 0 Å². The Balaban J connectivity index is 1.37. The van der Waals surface area contributed by atoms with Crippen LogP contribution < -0.4 is 14.8 Å². The van der Waals surface area contributed by atoms with E-state index in [1.54, 1.807) is 36.4 Å². The van der Waals surface area contributed by atoms with Gasteiger partial charge in [-0.1, -0.05) is 6.42 Å². The SMILES string of the molecule is CCOc1ccc(C(=O)Nc2ccc(S(=O)(=O)N[C@@H](C)[C@H]3C[C@@H]4CC[C@@H]3C4)cc2)cc1. The van der Waals surface area contributed by atoms with Crippen molar-refractivity contribution < 1.29 is 17.9 Å². The van der Waals surface area contributed by atoms with Crippen molar-refractivity contribution in [2.24, 2.45) is 17.8 Å². The Labute approximate surface area is 184 Å². The first-order chi connectivity index (χ1) is 14.9. The Bertz CT molecular complexity index is 1020. The molecule has 2 aliphatic carbocycles. The molecular weight excluding hydrogens is 412 g/mol. The highest BCUT2D eigenvalue weighted by Crippen LogP contribution is 2.49. The number of benzene rings is 2. The maximum Gasteiger partial charge on any atom is 0.255 e. The van der Waals surface area contributed by atoms with E-state index in [9.17, 15) is 13.2 Å². The van der Waals surface area contributed by atoms with E-state index < -0.39 is 10.0 Å². The molecule has 2 aromatic rings. The van der Waals surface area contributed by atoms with Crippen LogP contribution in [-0.4, -0.2) is 27.0 Å². The molecule has 2 aromatic carbocycles. The van der Waals surface area contributed by atoms with Crippen LogP contribution in [-0.2, 0) is 10.0 Å². The summed E-state index contributed by atoms with van der Waals surface area (Å²) >= 11 is 0. The Kier molecular flexibility index (Phi) is 6.34. The van der Waals surface area contributed by atoms with E-state index in [1.807, 2.05) is 13.8 Å². The summed E-state index contributed by atoms with van der Waals surface area (Å²) in [6.45, 7) is 4.45. The number of hydrogen-bond acceptors (Lipinski definition) is 4. The first-order valence-corrected chi connectivity index (χ1v) is 12.5. The zero-order chi connectivity index (χ0) is 22.0. The minimum atomic E-state index is -3.60. The number of fused-ring (bicyclic) bond motifs is 2. The smallest absolute Gasteiger partial charge is 0.255 e. The second-order valence-corrected chi connectivity index (χ2v) is 10.4. The molecule has 2 saturated carbocycles. The molecular formula is C24H30N2O4S. The molecule has 0 spiro atoms. The summed E-state index contributed by atoms with van der Waals surface area (Å²) in [4.78, 5) is 12.6. The molecule has 0 saturated heterocycles.